The zero-order valence-electron chi connectivity index (χ0n) is 16.1. The highest BCUT2D eigenvalue weighted by atomic mass is 35.5. The Bertz CT molecular complexity index is 810. The van der Waals surface area contributed by atoms with E-state index in [1.54, 1.807) is 36.2 Å². The van der Waals surface area contributed by atoms with Gasteiger partial charge in [0.15, 0.2) is 0 Å². The van der Waals surface area contributed by atoms with E-state index < -0.39 is 0 Å². The number of carbonyl (C=O) groups excluding carboxylic acids is 2. The van der Waals surface area contributed by atoms with E-state index >= 15 is 0 Å². The predicted molar refractivity (Wildman–Crippen MR) is 114 cm³/mol. The molecule has 2 N–H and O–H groups in total. The molecule has 0 bridgehead atoms. The summed E-state index contributed by atoms with van der Waals surface area (Å²) in [4.78, 5) is 25.9. The molecule has 3 amide bonds. The van der Waals surface area contributed by atoms with Gasteiger partial charge in [0.1, 0.15) is 0 Å². The maximum Gasteiger partial charge on any atom is 0.317 e. The Morgan fingerprint density at radius 3 is 2.29 bits per heavy atom. The lowest BCUT2D eigenvalue weighted by Gasteiger charge is -2.18. The molecular weight excluding hydrogens is 397 g/mol. The number of halogens is 2. The summed E-state index contributed by atoms with van der Waals surface area (Å²) in [5.74, 6) is -0.0783. The predicted octanol–water partition coefficient (Wildman–Crippen LogP) is 4.86. The minimum atomic E-state index is -0.201. The molecule has 7 heteroatoms. The number of carbonyl (C=O) groups is 2. The van der Waals surface area contributed by atoms with Crippen molar-refractivity contribution >= 4 is 35.1 Å². The Labute approximate surface area is 176 Å². The van der Waals surface area contributed by atoms with Crippen LogP contribution in [0.1, 0.15) is 41.3 Å². The molecule has 0 radical (unpaired) electrons. The van der Waals surface area contributed by atoms with Crippen molar-refractivity contribution < 1.29 is 9.59 Å². The van der Waals surface area contributed by atoms with Crippen molar-refractivity contribution in [3.8, 4) is 0 Å². The Hall–Kier alpha value is -2.24. The fourth-order valence-electron chi connectivity index (χ4n) is 2.55. The van der Waals surface area contributed by atoms with Gasteiger partial charge in [-0.1, -0.05) is 54.7 Å². The molecule has 150 valence electrons. The third-order valence-corrected chi connectivity index (χ3v) is 4.97. The van der Waals surface area contributed by atoms with Crippen LogP contribution in [0.2, 0.25) is 10.0 Å². The highest BCUT2D eigenvalue weighted by Gasteiger charge is 2.10. The van der Waals surface area contributed by atoms with Crippen molar-refractivity contribution in [3.63, 3.8) is 0 Å². The quantitative estimate of drug-likeness (QED) is 0.597. The summed E-state index contributed by atoms with van der Waals surface area (Å²) in [7, 11) is 1.71. The summed E-state index contributed by atoms with van der Waals surface area (Å²) in [6, 6.07) is 12.3. The second kappa shape index (κ2) is 10.9. The van der Waals surface area contributed by atoms with Gasteiger partial charge in [0.2, 0.25) is 0 Å². The Morgan fingerprint density at radius 1 is 0.964 bits per heavy atom. The highest BCUT2D eigenvalue weighted by molar-refractivity contribution is 6.42. The average Bonchev–Trinajstić information content (AvgIpc) is 2.69. The molecule has 5 nitrogen and oxygen atoms in total. The molecule has 0 aliphatic carbocycles. The van der Waals surface area contributed by atoms with Crippen LogP contribution in [0.15, 0.2) is 42.5 Å². The summed E-state index contributed by atoms with van der Waals surface area (Å²) in [5.41, 5.74) is 2.43. The molecule has 0 unspecified atom stereocenters. The van der Waals surface area contributed by atoms with Crippen molar-refractivity contribution in [3.05, 3.63) is 69.2 Å². The van der Waals surface area contributed by atoms with E-state index in [4.69, 9.17) is 23.2 Å². The first-order valence-corrected chi connectivity index (χ1v) is 9.96. The van der Waals surface area contributed by atoms with Crippen LogP contribution in [-0.4, -0.2) is 30.4 Å². The Morgan fingerprint density at radius 2 is 1.64 bits per heavy atom. The van der Waals surface area contributed by atoms with Crippen molar-refractivity contribution in [1.82, 2.24) is 15.5 Å². The van der Waals surface area contributed by atoms with Crippen LogP contribution < -0.4 is 10.6 Å². The molecule has 0 aromatic heterocycles. The van der Waals surface area contributed by atoms with Crippen molar-refractivity contribution in [1.29, 1.82) is 0 Å². The zero-order chi connectivity index (χ0) is 20.5. The van der Waals surface area contributed by atoms with Crippen LogP contribution in [0.5, 0.6) is 0 Å². The standard InChI is InChI=1S/C21H25Cl2N3O2/c1-3-4-11-24-20(27)17-8-5-15(6-9-17)13-25-21(28)26(2)14-16-7-10-18(22)19(23)12-16/h5-10,12H,3-4,11,13-14H2,1-2H3,(H,24,27)(H,25,28). The normalized spacial score (nSPS) is 10.4. The second-order valence-electron chi connectivity index (χ2n) is 6.57. The van der Waals surface area contributed by atoms with Crippen LogP contribution in [0, 0.1) is 0 Å². The van der Waals surface area contributed by atoms with Gasteiger partial charge >= 0.3 is 6.03 Å². The molecule has 0 aliphatic heterocycles. The van der Waals surface area contributed by atoms with E-state index in [1.165, 1.54) is 0 Å². The molecule has 0 heterocycles. The van der Waals surface area contributed by atoms with Crippen molar-refractivity contribution in [2.24, 2.45) is 0 Å². The molecular formula is C21H25Cl2N3O2. The zero-order valence-corrected chi connectivity index (χ0v) is 17.6. The second-order valence-corrected chi connectivity index (χ2v) is 7.38. The van der Waals surface area contributed by atoms with E-state index in [0.29, 0.717) is 35.2 Å². The minimum absolute atomic E-state index is 0.0783. The fraction of sp³-hybridized carbons (Fsp3) is 0.333. The number of unbranched alkanes of at least 4 members (excludes halogenated alkanes) is 1. The molecule has 2 rings (SSSR count). The van der Waals surface area contributed by atoms with Gasteiger partial charge in [0, 0.05) is 32.2 Å². The lowest BCUT2D eigenvalue weighted by atomic mass is 10.1. The summed E-state index contributed by atoms with van der Waals surface area (Å²) in [5, 5.41) is 6.70. The number of amides is 3. The van der Waals surface area contributed by atoms with E-state index in [9.17, 15) is 9.59 Å². The van der Waals surface area contributed by atoms with Gasteiger partial charge in [0.25, 0.3) is 5.91 Å². The van der Waals surface area contributed by atoms with Gasteiger partial charge < -0.3 is 15.5 Å². The van der Waals surface area contributed by atoms with Crippen LogP contribution in [0.25, 0.3) is 0 Å². The lowest BCUT2D eigenvalue weighted by molar-refractivity contribution is 0.0953. The summed E-state index contributed by atoms with van der Waals surface area (Å²) < 4.78 is 0. The average molecular weight is 422 g/mol. The van der Waals surface area contributed by atoms with E-state index in [-0.39, 0.29) is 11.9 Å². The van der Waals surface area contributed by atoms with Crippen molar-refractivity contribution in [2.75, 3.05) is 13.6 Å². The smallest absolute Gasteiger partial charge is 0.317 e. The first-order valence-electron chi connectivity index (χ1n) is 9.20. The van der Waals surface area contributed by atoms with Gasteiger partial charge in [-0.2, -0.15) is 0 Å². The Balaban J connectivity index is 1.82. The van der Waals surface area contributed by atoms with Crippen LogP contribution in [0.4, 0.5) is 4.79 Å². The number of hydrogen-bond acceptors (Lipinski definition) is 2. The lowest BCUT2D eigenvalue weighted by Crippen LogP contribution is -2.36. The summed E-state index contributed by atoms with van der Waals surface area (Å²) in [6.45, 7) is 3.55. The maximum atomic E-state index is 12.3. The first-order chi connectivity index (χ1) is 13.4. The highest BCUT2D eigenvalue weighted by Crippen LogP contribution is 2.23. The number of hydrogen-bond donors (Lipinski definition) is 2. The largest absolute Gasteiger partial charge is 0.352 e. The molecule has 0 fully saturated rings. The van der Waals surface area contributed by atoms with Gasteiger partial charge in [-0.15, -0.1) is 0 Å². The van der Waals surface area contributed by atoms with Crippen LogP contribution >= 0.6 is 23.2 Å². The maximum absolute atomic E-state index is 12.3. The monoisotopic (exact) mass is 421 g/mol. The van der Waals surface area contributed by atoms with Gasteiger partial charge in [-0.25, -0.2) is 4.79 Å². The number of benzene rings is 2. The molecule has 0 saturated heterocycles. The van der Waals surface area contributed by atoms with E-state index in [0.717, 1.165) is 24.0 Å². The van der Waals surface area contributed by atoms with E-state index in [1.807, 2.05) is 18.2 Å². The third kappa shape index (κ3) is 6.73. The number of rotatable bonds is 8. The van der Waals surface area contributed by atoms with Gasteiger partial charge in [0.05, 0.1) is 10.0 Å². The van der Waals surface area contributed by atoms with Gasteiger partial charge in [-0.05, 0) is 41.8 Å². The van der Waals surface area contributed by atoms with E-state index in [2.05, 4.69) is 17.6 Å². The minimum Gasteiger partial charge on any atom is -0.352 e. The van der Waals surface area contributed by atoms with Crippen LogP contribution in [-0.2, 0) is 13.1 Å². The number of urea groups is 1. The summed E-state index contributed by atoms with van der Waals surface area (Å²) >= 11 is 11.9. The van der Waals surface area contributed by atoms with Gasteiger partial charge in [-0.3, -0.25) is 4.79 Å². The Kier molecular flexibility index (Phi) is 8.61. The van der Waals surface area contributed by atoms with Crippen molar-refractivity contribution in [2.45, 2.75) is 32.9 Å². The number of nitrogens with zero attached hydrogens (tertiary/aromatic N) is 1. The third-order valence-electron chi connectivity index (χ3n) is 4.23. The van der Waals surface area contributed by atoms with Crippen LogP contribution in [0.3, 0.4) is 0 Å². The molecule has 0 atom stereocenters. The molecule has 2 aromatic carbocycles. The SMILES string of the molecule is CCCCNC(=O)c1ccc(CNC(=O)N(C)Cc2ccc(Cl)c(Cl)c2)cc1. The molecule has 0 aliphatic rings. The topological polar surface area (TPSA) is 61.4 Å². The number of nitrogens with one attached hydrogen (secondary N) is 2. The molecule has 2 aromatic rings. The molecule has 0 saturated carbocycles. The first kappa shape index (κ1) is 22.1. The summed E-state index contributed by atoms with van der Waals surface area (Å²) in [6.07, 6.45) is 2.00. The fourth-order valence-corrected chi connectivity index (χ4v) is 2.87. The molecule has 28 heavy (non-hydrogen) atoms. The molecule has 0 spiro atoms.